The number of hydrogen-bond acceptors (Lipinski definition) is 8. The predicted octanol–water partition coefficient (Wildman–Crippen LogP) is 2.66. The molecule has 158 valence electrons. The molecular formula is C20H21N3O6S. The number of hydrogen-bond donors (Lipinski definition) is 0. The van der Waals surface area contributed by atoms with Gasteiger partial charge in [0.15, 0.2) is 6.61 Å². The highest BCUT2D eigenvalue weighted by molar-refractivity contribution is 7.89. The van der Waals surface area contributed by atoms with E-state index in [0.717, 1.165) is 4.31 Å². The van der Waals surface area contributed by atoms with Crippen LogP contribution in [-0.2, 0) is 21.4 Å². The van der Waals surface area contributed by atoms with E-state index in [0.29, 0.717) is 16.9 Å². The van der Waals surface area contributed by atoms with Crippen LogP contribution in [0.3, 0.4) is 0 Å². The molecule has 3 aromatic rings. The van der Waals surface area contributed by atoms with Crippen LogP contribution in [0.1, 0.15) is 21.8 Å². The first-order chi connectivity index (χ1) is 14.2. The molecule has 0 amide bonds. The number of rotatable bonds is 7. The number of ether oxygens (including phenoxy) is 2. The summed E-state index contributed by atoms with van der Waals surface area (Å²) in [7, 11) is 0.737. The number of carbonyl (C=O) groups excluding carboxylic acids is 1. The van der Waals surface area contributed by atoms with Crippen molar-refractivity contribution in [2.45, 2.75) is 18.4 Å². The van der Waals surface area contributed by atoms with Crippen molar-refractivity contribution in [1.29, 1.82) is 0 Å². The van der Waals surface area contributed by atoms with Crippen LogP contribution in [0.4, 0.5) is 0 Å². The van der Waals surface area contributed by atoms with E-state index in [1.807, 2.05) is 0 Å². The van der Waals surface area contributed by atoms with Gasteiger partial charge in [0.25, 0.3) is 5.89 Å². The zero-order chi connectivity index (χ0) is 21.9. The average Bonchev–Trinajstić information content (AvgIpc) is 3.21. The fourth-order valence-electron chi connectivity index (χ4n) is 2.56. The number of benzene rings is 2. The second-order valence-electron chi connectivity index (χ2n) is 6.57. The SMILES string of the molecule is COc1ccc(-c2nnc(COC(=O)c3cc(S(=O)(=O)N(C)C)ccc3C)o2)cc1. The predicted molar refractivity (Wildman–Crippen MR) is 107 cm³/mol. The van der Waals surface area contributed by atoms with E-state index < -0.39 is 16.0 Å². The smallest absolute Gasteiger partial charge is 0.338 e. The molecule has 0 fully saturated rings. The molecule has 0 unspecified atom stereocenters. The minimum atomic E-state index is -3.67. The first kappa shape index (κ1) is 21.5. The van der Waals surface area contributed by atoms with Crippen molar-refractivity contribution in [3.63, 3.8) is 0 Å². The van der Waals surface area contributed by atoms with Gasteiger partial charge in [0, 0.05) is 19.7 Å². The highest BCUT2D eigenvalue weighted by Crippen LogP contribution is 2.22. The third-order valence-corrected chi connectivity index (χ3v) is 6.15. The molecule has 1 heterocycles. The Hall–Kier alpha value is -3.24. The summed E-state index contributed by atoms with van der Waals surface area (Å²) in [6.07, 6.45) is 0. The Morgan fingerprint density at radius 1 is 1.10 bits per heavy atom. The van der Waals surface area contributed by atoms with Crippen LogP contribution in [0.15, 0.2) is 51.8 Å². The minimum Gasteiger partial charge on any atom is -0.497 e. The van der Waals surface area contributed by atoms with E-state index in [4.69, 9.17) is 13.9 Å². The topological polar surface area (TPSA) is 112 Å². The van der Waals surface area contributed by atoms with E-state index in [9.17, 15) is 13.2 Å². The first-order valence-corrected chi connectivity index (χ1v) is 10.3. The molecule has 0 radical (unpaired) electrons. The lowest BCUT2D eigenvalue weighted by Crippen LogP contribution is -2.22. The fourth-order valence-corrected chi connectivity index (χ4v) is 3.49. The third kappa shape index (κ3) is 4.50. The molecule has 0 saturated heterocycles. The molecule has 0 atom stereocenters. The van der Waals surface area contributed by atoms with Gasteiger partial charge >= 0.3 is 5.97 Å². The summed E-state index contributed by atoms with van der Waals surface area (Å²) in [6.45, 7) is 1.45. The highest BCUT2D eigenvalue weighted by Gasteiger charge is 2.21. The Labute approximate surface area is 174 Å². The monoisotopic (exact) mass is 431 g/mol. The molecule has 1 aromatic heterocycles. The van der Waals surface area contributed by atoms with E-state index >= 15 is 0 Å². The summed E-state index contributed by atoms with van der Waals surface area (Å²) in [5, 5.41) is 7.82. The van der Waals surface area contributed by atoms with Crippen molar-refractivity contribution in [3.8, 4) is 17.2 Å². The van der Waals surface area contributed by atoms with Gasteiger partial charge in [-0.3, -0.25) is 0 Å². The average molecular weight is 431 g/mol. The van der Waals surface area contributed by atoms with Crippen LogP contribution in [0.2, 0.25) is 0 Å². The number of sulfonamides is 1. The van der Waals surface area contributed by atoms with Gasteiger partial charge in [-0.25, -0.2) is 17.5 Å². The number of aryl methyl sites for hydroxylation is 1. The Morgan fingerprint density at radius 3 is 2.43 bits per heavy atom. The molecule has 10 heteroatoms. The van der Waals surface area contributed by atoms with Crippen LogP contribution in [0.5, 0.6) is 5.75 Å². The summed E-state index contributed by atoms with van der Waals surface area (Å²) in [6, 6.07) is 11.4. The van der Waals surface area contributed by atoms with Gasteiger partial charge in [-0.15, -0.1) is 10.2 Å². The summed E-state index contributed by atoms with van der Waals surface area (Å²) in [5.41, 5.74) is 1.42. The highest BCUT2D eigenvalue weighted by atomic mass is 32.2. The van der Waals surface area contributed by atoms with Gasteiger partial charge in [-0.1, -0.05) is 6.07 Å². The molecule has 0 aliphatic carbocycles. The van der Waals surface area contributed by atoms with Crippen molar-refractivity contribution < 1.29 is 27.1 Å². The number of nitrogens with zero attached hydrogens (tertiary/aromatic N) is 3. The van der Waals surface area contributed by atoms with Crippen LogP contribution in [0, 0.1) is 6.92 Å². The molecule has 2 aromatic carbocycles. The molecule has 0 spiro atoms. The molecule has 9 nitrogen and oxygen atoms in total. The van der Waals surface area contributed by atoms with E-state index in [2.05, 4.69) is 10.2 Å². The van der Waals surface area contributed by atoms with Crippen LogP contribution < -0.4 is 4.74 Å². The van der Waals surface area contributed by atoms with Gasteiger partial charge in [0.05, 0.1) is 17.6 Å². The van der Waals surface area contributed by atoms with Crippen molar-refractivity contribution >= 4 is 16.0 Å². The van der Waals surface area contributed by atoms with Gasteiger partial charge in [0.2, 0.25) is 15.9 Å². The van der Waals surface area contributed by atoms with Gasteiger partial charge in [-0.2, -0.15) is 0 Å². The lowest BCUT2D eigenvalue weighted by Gasteiger charge is -2.13. The van der Waals surface area contributed by atoms with Crippen LogP contribution in [0.25, 0.3) is 11.5 Å². The Bertz CT molecular complexity index is 1150. The number of carbonyl (C=O) groups is 1. The third-order valence-electron chi connectivity index (χ3n) is 4.34. The molecule has 0 saturated carbocycles. The Balaban J connectivity index is 1.72. The summed E-state index contributed by atoms with van der Waals surface area (Å²) in [4.78, 5) is 12.5. The van der Waals surface area contributed by atoms with Crippen LogP contribution >= 0.6 is 0 Å². The lowest BCUT2D eigenvalue weighted by molar-refractivity contribution is 0.0437. The second kappa shape index (κ2) is 8.64. The quantitative estimate of drug-likeness (QED) is 0.525. The maximum absolute atomic E-state index is 12.5. The normalized spacial score (nSPS) is 11.5. The molecule has 0 aliphatic rings. The van der Waals surface area contributed by atoms with Crippen molar-refractivity contribution in [3.05, 3.63) is 59.5 Å². The second-order valence-corrected chi connectivity index (χ2v) is 8.72. The zero-order valence-electron chi connectivity index (χ0n) is 16.9. The van der Waals surface area contributed by atoms with Crippen molar-refractivity contribution in [2.75, 3.05) is 21.2 Å². The first-order valence-electron chi connectivity index (χ1n) is 8.89. The van der Waals surface area contributed by atoms with Crippen molar-refractivity contribution in [2.24, 2.45) is 0 Å². The molecular weight excluding hydrogens is 410 g/mol. The number of aromatic nitrogens is 2. The Kier molecular flexibility index (Phi) is 6.18. The molecule has 0 aliphatic heterocycles. The van der Waals surface area contributed by atoms with Crippen LogP contribution in [-0.4, -0.2) is 50.1 Å². The lowest BCUT2D eigenvalue weighted by atomic mass is 10.1. The molecule has 0 bridgehead atoms. The maximum Gasteiger partial charge on any atom is 0.338 e. The van der Waals surface area contributed by atoms with E-state index in [1.54, 1.807) is 44.4 Å². The standard InChI is InChI=1S/C20H21N3O6S/c1-13-5-10-16(30(25,26)23(2)3)11-17(13)20(24)28-12-18-21-22-19(29-18)14-6-8-15(27-4)9-7-14/h5-11H,12H2,1-4H3. The number of methoxy groups -OCH3 is 1. The van der Waals surface area contributed by atoms with Crippen molar-refractivity contribution in [1.82, 2.24) is 14.5 Å². The summed E-state index contributed by atoms with van der Waals surface area (Å²) >= 11 is 0. The van der Waals surface area contributed by atoms with Gasteiger partial charge < -0.3 is 13.9 Å². The summed E-state index contributed by atoms with van der Waals surface area (Å²) in [5.74, 6) is 0.400. The zero-order valence-corrected chi connectivity index (χ0v) is 17.8. The Morgan fingerprint density at radius 2 is 1.80 bits per heavy atom. The number of esters is 1. The van der Waals surface area contributed by atoms with Gasteiger partial charge in [0.1, 0.15) is 5.75 Å². The van der Waals surface area contributed by atoms with Gasteiger partial charge in [-0.05, 0) is 48.9 Å². The fraction of sp³-hybridized carbons (Fsp3) is 0.250. The van der Waals surface area contributed by atoms with E-state index in [-0.39, 0.29) is 28.8 Å². The maximum atomic E-state index is 12.5. The minimum absolute atomic E-state index is 0.00429. The molecule has 30 heavy (non-hydrogen) atoms. The molecule has 3 rings (SSSR count). The molecule has 0 N–H and O–H groups in total. The van der Waals surface area contributed by atoms with E-state index in [1.165, 1.54) is 26.2 Å². The summed E-state index contributed by atoms with van der Waals surface area (Å²) < 4.78 is 41.6. The largest absolute Gasteiger partial charge is 0.497 e.